The van der Waals surface area contributed by atoms with Crippen LogP contribution in [0.5, 0.6) is 0 Å². The third kappa shape index (κ3) is 5.89. The number of nitrogens with zero attached hydrogens (tertiary/aromatic N) is 4. The summed E-state index contributed by atoms with van der Waals surface area (Å²) in [4.78, 5) is 50.9. The van der Waals surface area contributed by atoms with Gasteiger partial charge in [0.1, 0.15) is 0 Å². The maximum atomic E-state index is 12.6. The van der Waals surface area contributed by atoms with E-state index in [-0.39, 0.29) is 46.7 Å². The van der Waals surface area contributed by atoms with E-state index in [4.69, 9.17) is 20.3 Å². The average molecular weight is 656 g/mol. The fraction of sp³-hybridized carbons (Fsp3) is 0.265. The number of aliphatic carboxylic acids is 2. The molecule has 0 aliphatic carbocycles. The topological polar surface area (TPSA) is 168 Å². The van der Waals surface area contributed by atoms with Gasteiger partial charge in [0.05, 0.1) is 0 Å². The zero-order valence-electron chi connectivity index (χ0n) is 25.4. The minimum atomic E-state index is -1.31. The second-order valence-corrected chi connectivity index (χ2v) is 10.9. The van der Waals surface area contributed by atoms with Crippen molar-refractivity contribution in [3.05, 3.63) is 102 Å². The van der Waals surface area contributed by atoms with Gasteiger partial charge in [0.2, 0.25) is 0 Å². The van der Waals surface area contributed by atoms with Crippen LogP contribution in [0.2, 0.25) is 0 Å². The Morgan fingerprint density at radius 2 is 1.56 bits per heavy atom. The molecule has 1 unspecified atom stereocenters. The summed E-state index contributed by atoms with van der Waals surface area (Å²) >= 11 is 0. The molecule has 45 heavy (non-hydrogen) atoms. The summed E-state index contributed by atoms with van der Waals surface area (Å²) < 4.78 is 0. The van der Waals surface area contributed by atoms with Crippen molar-refractivity contribution in [1.82, 2.24) is 15.0 Å². The van der Waals surface area contributed by atoms with Gasteiger partial charge in [-0.05, 0) is 46.1 Å². The Morgan fingerprint density at radius 1 is 0.889 bits per heavy atom. The number of hydrogen-bond acceptors (Lipinski definition) is 3. The van der Waals surface area contributed by atoms with Crippen LogP contribution in [0.25, 0.3) is 35.2 Å². The molecule has 0 saturated heterocycles. The number of fused-ring (bicyclic) bond motifs is 8. The Hall–Kier alpha value is -4.73. The smallest absolute Gasteiger partial charge is 0.334 e. The molecule has 11 heteroatoms. The summed E-state index contributed by atoms with van der Waals surface area (Å²) in [5.74, 6) is -3.60. The predicted octanol–water partition coefficient (Wildman–Crippen LogP) is 3.80. The second kappa shape index (κ2) is 12.7. The largest absolute Gasteiger partial charge is 0.674 e. The standard InChI is InChI=1S/C34H32N4O6.Cu/c1-7-19-15(3)23-12-25-17(5)21(9-10-29(39)40)32(37-25)22(11-30(41)42)33-31(34(43)44)18(6)26(38-33)14-28-20(8-2)16(4)24(36-28)13-27(19)35-23;/h7,11-14,32H,1,8-10H2,2-6H3,(H,39,40)(H,41,42)(H,43,44);/q-4;/b22-11-,24-13-,25-12-,28-14-;. The first-order valence-electron chi connectivity index (χ1n) is 14.2. The maximum absolute atomic E-state index is 12.6. The first-order valence-corrected chi connectivity index (χ1v) is 14.2. The summed E-state index contributed by atoms with van der Waals surface area (Å²) in [7, 11) is 0. The first-order chi connectivity index (χ1) is 20.9. The predicted molar refractivity (Wildman–Crippen MR) is 167 cm³/mol. The van der Waals surface area contributed by atoms with E-state index in [1.54, 1.807) is 32.1 Å². The molecule has 8 bridgehead atoms. The van der Waals surface area contributed by atoms with E-state index >= 15 is 0 Å². The van der Waals surface area contributed by atoms with Gasteiger partial charge in [-0.1, -0.05) is 82.8 Å². The summed E-state index contributed by atoms with van der Waals surface area (Å²) in [5.41, 5.74) is 7.26. The zero-order chi connectivity index (χ0) is 32.0. The van der Waals surface area contributed by atoms with Gasteiger partial charge < -0.3 is 35.6 Å². The summed E-state index contributed by atoms with van der Waals surface area (Å²) in [6, 6.07) is -0.970. The van der Waals surface area contributed by atoms with Gasteiger partial charge in [0.15, 0.2) is 0 Å². The molecule has 0 saturated carbocycles. The van der Waals surface area contributed by atoms with Crippen LogP contribution in [-0.2, 0) is 33.1 Å². The van der Waals surface area contributed by atoms with Crippen molar-refractivity contribution in [3.63, 3.8) is 0 Å². The van der Waals surface area contributed by atoms with Crippen LogP contribution in [-0.4, -0.2) is 39.3 Å². The van der Waals surface area contributed by atoms with E-state index in [9.17, 15) is 29.7 Å². The number of allylic oxidation sites excluding steroid dienone is 1. The number of hydrogen-bond donors (Lipinski definition) is 3. The van der Waals surface area contributed by atoms with Gasteiger partial charge in [-0.2, -0.15) is 0 Å². The number of carboxylic acid groups (broad SMARTS) is 3. The Kier molecular flexibility index (Phi) is 9.37. The third-order valence-electron chi connectivity index (χ3n) is 8.43. The van der Waals surface area contributed by atoms with Crippen LogP contribution in [0.3, 0.4) is 0 Å². The van der Waals surface area contributed by atoms with E-state index in [0.717, 1.165) is 28.3 Å². The molecule has 0 aromatic carbocycles. The summed E-state index contributed by atoms with van der Waals surface area (Å²) in [5, 5.41) is 36.0. The molecule has 10 nitrogen and oxygen atoms in total. The number of carbonyl (C=O) groups is 3. The molecule has 239 valence electrons. The average Bonchev–Trinajstić information content (AvgIpc) is 3.63. The van der Waals surface area contributed by atoms with E-state index in [2.05, 4.69) is 6.58 Å². The Morgan fingerprint density at radius 3 is 2.16 bits per heavy atom. The minimum Gasteiger partial charge on any atom is -0.674 e. The van der Waals surface area contributed by atoms with Gasteiger partial charge in [-0.25, -0.2) is 9.59 Å². The van der Waals surface area contributed by atoms with Crippen molar-refractivity contribution in [3.8, 4) is 0 Å². The molecule has 0 spiro atoms. The molecule has 3 N–H and O–H groups in total. The molecule has 1 radical (unpaired) electrons. The molecule has 2 aliphatic heterocycles. The quantitative estimate of drug-likeness (QED) is 0.253. The van der Waals surface area contributed by atoms with Crippen LogP contribution in [0.15, 0.2) is 29.5 Å². The molecule has 0 fully saturated rings. The van der Waals surface area contributed by atoms with Crippen LogP contribution >= 0.6 is 0 Å². The molecular formula is C34H32CuN4O6-4. The van der Waals surface area contributed by atoms with Crippen LogP contribution in [0.1, 0.15) is 87.6 Å². The first kappa shape index (κ1) is 33.2. The number of rotatable bonds is 7. The molecule has 3 aromatic rings. The minimum absolute atomic E-state index is 0. The summed E-state index contributed by atoms with van der Waals surface area (Å²) in [6.45, 7) is 13.3. The third-order valence-corrected chi connectivity index (χ3v) is 8.43. The van der Waals surface area contributed by atoms with E-state index in [1.165, 1.54) is 0 Å². The van der Waals surface area contributed by atoms with E-state index < -0.39 is 23.9 Å². The molecule has 2 aliphatic rings. The van der Waals surface area contributed by atoms with Crippen molar-refractivity contribution in [1.29, 1.82) is 0 Å². The van der Waals surface area contributed by atoms with Crippen LogP contribution in [0.4, 0.5) is 0 Å². The van der Waals surface area contributed by atoms with Gasteiger partial charge >= 0.3 is 17.9 Å². The number of carboxylic acids is 3. The Bertz CT molecular complexity index is 1980. The molecular weight excluding hydrogens is 624 g/mol. The van der Waals surface area contributed by atoms with Gasteiger partial charge in [0.25, 0.3) is 0 Å². The number of aromatic nitrogens is 3. The van der Waals surface area contributed by atoms with E-state index in [1.807, 2.05) is 26.8 Å². The van der Waals surface area contributed by atoms with Crippen molar-refractivity contribution >= 4 is 47.8 Å². The van der Waals surface area contributed by atoms with Gasteiger partial charge in [0, 0.05) is 35.1 Å². The molecule has 1 atom stereocenters. The molecule has 0 amide bonds. The van der Waals surface area contributed by atoms with Gasteiger partial charge in [-0.3, -0.25) is 4.79 Å². The maximum Gasteiger partial charge on any atom is 0.334 e. The SMILES string of the molecule is C=Cc1c2[n-]c(c1C)/C=C1\[N-]C(C(CCC(=O)O)=C1C)/C(=C/C(=O)O)c1[n-]c(c(C)c1C(=O)O)/C=c1\[n-]/c(c(C)c1CC)=C\2.[Cu]. The fourth-order valence-corrected chi connectivity index (χ4v) is 6.07. The summed E-state index contributed by atoms with van der Waals surface area (Å²) in [6.07, 6.45) is 8.61. The fourth-order valence-electron chi connectivity index (χ4n) is 6.07. The monoisotopic (exact) mass is 655 g/mol. The van der Waals surface area contributed by atoms with Crippen LogP contribution < -0.4 is 25.7 Å². The normalized spacial score (nSPS) is 19.0. The second-order valence-electron chi connectivity index (χ2n) is 10.9. The van der Waals surface area contributed by atoms with Crippen molar-refractivity contribution in [2.24, 2.45) is 0 Å². The van der Waals surface area contributed by atoms with E-state index in [0.29, 0.717) is 56.6 Å². The zero-order valence-corrected chi connectivity index (χ0v) is 26.4. The molecule has 5 heterocycles. The van der Waals surface area contributed by atoms with Gasteiger partial charge in [-0.15, -0.1) is 39.2 Å². The van der Waals surface area contributed by atoms with Crippen molar-refractivity contribution in [2.75, 3.05) is 0 Å². The molecule has 5 rings (SSSR count). The van der Waals surface area contributed by atoms with Crippen molar-refractivity contribution in [2.45, 2.75) is 59.9 Å². The Balaban J connectivity index is 0.00000461. The molecule has 3 aromatic heterocycles. The number of aromatic carboxylic acids is 1. The van der Waals surface area contributed by atoms with Crippen molar-refractivity contribution < 1.29 is 46.8 Å². The Labute approximate surface area is 270 Å². The van der Waals surface area contributed by atoms with Crippen LogP contribution in [0, 0.1) is 20.8 Å².